The Morgan fingerprint density at radius 3 is 1.85 bits per heavy atom. The smallest absolute Gasteiger partial charge is 0.243 e. The van der Waals surface area contributed by atoms with E-state index in [0.29, 0.717) is 31.1 Å². The molecule has 27 heavy (non-hydrogen) atoms. The summed E-state index contributed by atoms with van der Waals surface area (Å²) in [4.78, 5) is 2.57. The number of rotatable bonds is 3. The predicted octanol–water partition coefficient (Wildman–Crippen LogP) is 3.45. The number of aromatic hydroxyl groups is 1. The highest BCUT2D eigenvalue weighted by atomic mass is 32.2. The first-order valence-electron chi connectivity index (χ1n) is 9.25. The van der Waals surface area contributed by atoms with E-state index in [0.717, 1.165) is 33.5 Å². The summed E-state index contributed by atoms with van der Waals surface area (Å²) in [5.74, 6) is 0.222. The van der Waals surface area contributed by atoms with Gasteiger partial charge in [-0.3, -0.25) is 0 Å². The van der Waals surface area contributed by atoms with E-state index in [1.807, 2.05) is 33.8 Å². The van der Waals surface area contributed by atoms with E-state index in [4.69, 9.17) is 0 Å². The molecule has 0 aliphatic carbocycles. The molecular formula is C21H28N2O3S. The molecule has 0 unspecified atom stereocenters. The van der Waals surface area contributed by atoms with Gasteiger partial charge in [0.15, 0.2) is 0 Å². The summed E-state index contributed by atoms with van der Waals surface area (Å²) in [6.07, 6.45) is 0. The van der Waals surface area contributed by atoms with Crippen molar-refractivity contribution in [1.82, 2.24) is 4.31 Å². The van der Waals surface area contributed by atoms with Gasteiger partial charge in [0.25, 0.3) is 0 Å². The van der Waals surface area contributed by atoms with Crippen LogP contribution in [0.25, 0.3) is 0 Å². The number of anilines is 1. The van der Waals surface area contributed by atoms with Gasteiger partial charge in [-0.2, -0.15) is 4.31 Å². The Hall–Kier alpha value is -2.05. The second kappa shape index (κ2) is 7.17. The normalized spacial score (nSPS) is 16.0. The molecule has 0 amide bonds. The van der Waals surface area contributed by atoms with Crippen LogP contribution in [0.2, 0.25) is 0 Å². The number of nitrogens with zero attached hydrogens (tertiary/aromatic N) is 2. The first-order chi connectivity index (χ1) is 12.6. The molecule has 5 nitrogen and oxygen atoms in total. The molecule has 2 aromatic carbocycles. The van der Waals surface area contributed by atoms with Gasteiger partial charge in [0, 0.05) is 37.9 Å². The Bertz CT molecular complexity index is 946. The van der Waals surface area contributed by atoms with Crippen molar-refractivity contribution < 1.29 is 13.5 Å². The van der Waals surface area contributed by atoms with Gasteiger partial charge >= 0.3 is 0 Å². The van der Waals surface area contributed by atoms with Gasteiger partial charge in [-0.1, -0.05) is 6.07 Å². The van der Waals surface area contributed by atoms with Crippen LogP contribution in [-0.2, 0) is 10.0 Å². The predicted molar refractivity (Wildman–Crippen MR) is 109 cm³/mol. The number of phenolic OH excluding ortho intramolecular Hbond substituents is 1. The fraction of sp³-hybridized carbons (Fsp3) is 0.429. The highest BCUT2D eigenvalue weighted by molar-refractivity contribution is 7.89. The van der Waals surface area contributed by atoms with Gasteiger partial charge in [-0.05, 0) is 74.6 Å². The van der Waals surface area contributed by atoms with Crippen molar-refractivity contribution in [2.24, 2.45) is 0 Å². The summed E-state index contributed by atoms with van der Waals surface area (Å²) < 4.78 is 28.4. The molecule has 1 heterocycles. The third-order valence-electron chi connectivity index (χ3n) is 5.96. The quantitative estimate of drug-likeness (QED) is 0.875. The molecule has 1 aliphatic rings. The molecule has 1 aliphatic heterocycles. The summed E-state index contributed by atoms with van der Waals surface area (Å²) in [6, 6.07) is 7.09. The fourth-order valence-corrected chi connectivity index (χ4v) is 5.84. The average Bonchev–Trinajstić information content (AvgIpc) is 2.65. The van der Waals surface area contributed by atoms with Crippen molar-refractivity contribution in [2.75, 3.05) is 31.1 Å². The lowest BCUT2D eigenvalue weighted by atomic mass is 9.95. The fourth-order valence-electron chi connectivity index (χ4n) is 3.86. The van der Waals surface area contributed by atoms with Crippen molar-refractivity contribution in [3.63, 3.8) is 0 Å². The van der Waals surface area contributed by atoms with E-state index in [-0.39, 0.29) is 5.75 Å². The minimum atomic E-state index is -3.54. The standard InChI is InChI=1S/C21H28N2O3S/c1-14-15(2)17(4)21(18(5)16(14)3)27(25,26)23-11-9-22(10-12-23)19-7-6-8-20(24)13-19/h6-8,13,24H,9-12H2,1-5H3. The molecule has 1 saturated heterocycles. The van der Waals surface area contributed by atoms with Gasteiger partial charge in [-0.15, -0.1) is 0 Å². The van der Waals surface area contributed by atoms with Gasteiger partial charge in [0.1, 0.15) is 5.75 Å². The maximum Gasteiger partial charge on any atom is 0.243 e. The Kier molecular flexibility index (Phi) is 5.23. The molecule has 0 radical (unpaired) electrons. The van der Waals surface area contributed by atoms with Crippen LogP contribution in [0.15, 0.2) is 29.2 Å². The summed E-state index contributed by atoms with van der Waals surface area (Å²) in [5.41, 5.74) is 5.89. The monoisotopic (exact) mass is 388 g/mol. The van der Waals surface area contributed by atoms with E-state index < -0.39 is 10.0 Å². The molecule has 1 fully saturated rings. The van der Waals surface area contributed by atoms with Crippen LogP contribution in [0.1, 0.15) is 27.8 Å². The summed E-state index contributed by atoms with van der Waals surface area (Å²) in [7, 11) is -3.54. The largest absolute Gasteiger partial charge is 0.508 e. The first kappa shape index (κ1) is 19.7. The number of piperazine rings is 1. The Labute approximate surface area is 162 Å². The third kappa shape index (κ3) is 3.44. The number of phenols is 1. The lowest BCUT2D eigenvalue weighted by molar-refractivity contribution is 0.384. The number of hydrogen-bond acceptors (Lipinski definition) is 4. The topological polar surface area (TPSA) is 60.9 Å². The maximum atomic E-state index is 13.4. The second-order valence-corrected chi connectivity index (χ2v) is 9.24. The lowest BCUT2D eigenvalue weighted by Gasteiger charge is -2.36. The molecule has 3 rings (SSSR count). The molecule has 6 heteroatoms. The van der Waals surface area contributed by atoms with E-state index >= 15 is 0 Å². The van der Waals surface area contributed by atoms with Crippen molar-refractivity contribution in [3.8, 4) is 5.75 Å². The molecule has 2 aromatic rings. The van der Waals surface area contributed by atoms with Crippen LogP contribution < -0.4 is 4.90 Å². The molecule has 0 saturated carbocycles. The van der Waals surface area contributed by atoms with Crippen molar-refractivity contribution in [3.05, 3.63) is 52.1 Å². The van der Waals surface area contributed by atoms with E-state index in [1.54, 1.807) is 22.5 Å². The van der Waals surface area contributed by atoms with Gasteiger partial charge < -0.3 is 10.0 Å². The SMILES string of the molecule is Cc1c(C)c(C)c(S(=O)(=O)N2CCN(c3cccc(O)c3)CC2)c(C)c1C. The number of benzene rings is 2. The lowest BCUT2D eigenvalue weighted by Crippen LogP contribution is -2.49. The van der Waals surface area contributed by atoms with Crippen LogP contribution in [0.3, 0.4) is 0 Å². The Morgan fingerprint density at radius 2 is 1.33 bits per heavy atom. The second-order valence-electron chi connectivity index (χ2n) is 7.37. The van der Waals surface area contributed by atoms with Crippen molar-refractivity contribution in [1.29, 1.82) is 0 Å². The van der Waals surface area contributed by atoms with Gasteiger partial charge in [-0.25, -0.2) is 8.42 Å². The third-order valence-corrected chi connectivity index (χ3v) is 8.14. The minimum Gasteiger partial charge on any atom is -0.508 e. The van der Waals surface area contributed by atoms with Crippen LogP contribution in [-0.4, -0.2) is 44.0 Å². The van der Waals surface area contributed by atoms with Crippen molar-refractivity contribution in [2.45, 2.75) is 39.5 Å². The number of hydrogen-bond donors (Lipinski definition) is 1. The van der Waals surface area contributed by atoms with Gasteiger partial charge in [0.05, 0.1) is 4.90 Å². The summed E-state index contributed by atoms with van der Waals surface area (Å²) >= 11 is 0. The van der Waals surface area contributed by atoms with Crippen LogP contribution in [0, 0.1) is 34.6 Å². The van der Waals surface area contributed by atoms with E-state index in [1.165, 1.54) is 0 Å². The highest BCUT2D eigenvalue weighted by Crippen LogP contribution is 2.32. The Balaban J connectivity index is 1.88. The van der Waals surface area contributed by atoms with Crippen LogP contribution in [0.4, 0.5) is 5.69 Å². The zero-order valence-corrected chi connectivity index (χ0v) is 17.5. The molecule has 1 N–H and O–H groups in total. The first-order valence-corrected chi connectivity index (χ1v) is 10.7. The van der Waals surface area contributed by atoms with Crippen LogP contribution >= 0.6 is 0 Å². The molecule has 0 spiro atoms. The maximum absolute atomic E-state index is 13.4. The average molecular weight is 389 g/mol. The Morgan fingerprint density at radius 1 is 0.815 bits per heavy atom. The van der Waals surface area contributed by atoms with Gasteiger partial charge in [0.2, 0.25) is 10.0 Å². The molecule has 0 aromatic heterocycles. The summed E-state index contributed by atoms with van der Waals surface area (Å²) in [5, 5.41) is 9.68. The minimum absolute atomic E-state index is 0.222. The van der Waals surface area contributed by atoms with Crippen molar-refractivity contribution >= 4 is 15.7 Å². The molecule has 0 bridgehead atoms. The molecule has 0 atom stereocenters. The molecular weight excluding hydrogens is 360 g/mol. The zero-order chi connectivity index (χ0) is 19.9. The van der Waals surface area contributed by atoms with E-state index in [2.05, 4.69) is 11.8 Å². The summed E-state index contributed by atoms with van der Waals surface area (Å²) in [6.45, 7) is 11.9. The zero-order valence-electron chi connectivity index (χ0n) is 16.7. The van der Waals surface area contributed by atoms with E-state index in [9.17, 15) is 13.5 Å². The highest BCUT2D eigenvalue weighted by Gasteiger charge is 2.32. The molecule has 146 valence electrons. The number of sulfonamides is 1. The van der Waals surface area contributed by atoms with Crippen LogP contribution in [0.5, 0.6) is 5.75 Å².